The van der Waals surface area contributed by atoms with Crippen molar-refractivity contribution < 1.29 is 9.53 Å². The number of benzene rings is 3. The normalized spacial score (nSPS) is 11.9. The number of rotatable bonds is 7. The molecule has 0 bridgehead atoms. The first kappa shape index (κ1) is 20.2. The number of hydrogen-bond donors (Lipinski definition) is 1. The van der Waals surface area contributed by atoms with Crippen LogP contribution in [-0.2, 0) is 16.0 Å². The van der Waals surface area contributed by atoms with Crippen LogP contribution in [0.25, 0.3) is 0 Å². The predicted molar refractivity (Wildman–Crippen MR) is 117 cm³/mol. The van der Waals surface area contributed by atoms with E-state index in [1.165, 1.54) is 18.2 Å². The Morgan fingerprint density at radius 3 is 2.07 bits per heavy atom. The summed E-state index contributed by atoms with van der Waals surface area (Å²) in [6, 6.07) is 26.9. The Hall–Kier alpha value is -2.59. The Bertz CT molecular complexity index is 873. The molecule has 0 spiro atoms. The van der Waals surface area contributed by atoms with E-state index in [-0.39, 0.29) is 17.9 Å². The van der Waals surface area contributed by atoms with Gasteiger partial charge in [0.15, 0.2) is 0 Å². The highest BCUT2D eigenvalue weighted by Gasteiger charge is 2.19. The van der Waals surface area contributed by atoms with Crippen LogP contribution in [-0.4, -0.2) is 13.1 Å². The summed E-state index contributed by atoms with van der Waals surface area (Å²) in [4.78, 5) is 11.9. The Kier molecular flexibility index (Phi) is 6.88. The minimum atomic E-state index is -0.210. The Balaban J connectivity index is 1.97. The smallest absolute Gasteiger partial charge is 0.308 e. The van der Waals surface area contributed by atoms with E-state index in [4.69, 9.17) is 4.74 Å². The maximum atomic E-state index is 11.9. The minimum Gasteiger partial charge on any atom is -0.469 e. The van der Waals surface area contributed by atoms with E-state index in [0.717, 1.165) is 15.7 Å². The maximum Gasteiger partial charge on any atom is 0.308 e. The fourth-order valence-corrected chi connectivity index (χ4v) is 3.64. The van der Waals surface area contributed by atoms with Crippen LogP contribution in [0.5, 0.6) is 0 Å². The summed E-state index contributed by atoms with van der Waals surface area (Å²) in [5, 5.41) is 3.70. The Labute approximate surface area is 174 Å². The summed E-state index contributed by atoms with van der Waals surface area (Å²) in [6.07, 6.45) is 0.610. The van der Waals surface area contributed by atoms with Crippen LogP contribution in [0.3, 0.4) is 0 Å². The van der Waals surface area contributed by atoms with Crippen LogP contribution in [0, 0.1) is 5.92 Å². The van der Waals surface area contributed by atoms with Crippen molar-refractivity contribution in [2.45, 2.75) is 19.4 Å². The summed E-state index contributed by atoms with van der Waals surface area (Å²) in [5.41, 5.74) is 4.45. The van der Waals surface area contributed by atoms with E-state index in [9.17, 15) is 4.79 Å². The lowest BCUT2D eigenvalue weighted by Crippen LogP contribution is -2.18. The monoisotopic (exact) mass is 437 g/mol. The van der Waals surface area contributed by atoms with Gasteiger partial charge in [0.25, 0.3) is 0 Å². The molecule has 0 heterocycles. The number of carbonyl (C=O) groups excluding carboxylic acids is 1. The molecule has 1 unspecified atom stereocenters. The average molecular weight is 438 g/mol. The van der Waals surface area contributed by atoms with Gasteiger partial charge in [-0.1, -0.05) is 89.6 Å². The molecule has 0 aromatic heterocycles. The van der Waals surface area contributed by atoms with Crippen molar-refractivity contribution in [2.24, 2.45) is 5.92 Å². The van der Waals surface area contributed by atoms with Crippen LogP contribution in [0.15, 0.2) is 83.3 Å². The van der Waals surface area contributed by atoms with Gasteiger partial charge in [-0.25, -0.2) is 0 Å². The zero-order chi connectivity index (χ0) is 19.9. The number of esters is 1. The quantitative estimate of drug-likeness (QED) is 0.460. The summed E-state index contributed by atoms with van der Waals surface area (Å²) in [6.45, 7) is 1.89. The zero-order valence-corrected chi connectivity index (χ0v) is 17.6. The zero-order valence-electron chi connectivity index (χ0n) is 16.1. The predicted octanol–water partition coefficient (Wildman–Crippen LogP) is 6.00. The summed E-state index contributed by atoms with van der Waals surface area (Å²) in [7, 11) is 1.43. The molecule has 144 valence electrons. The van der Waals surface area contributed by atoms with Crippen LogP contribution in [0.4, 0.5) is 5.69 Å². The van der Waals surface area contributed by atoms with E-state index in [0.29, 0.717) is 6.42 Å². The van der Waals surface area contributed by atoms with Crippen LogP contribution >= 0.6 is 15.9 Å². The van der Waals surface area contributed by atoms with Gasteiger partial charge in [-0.05, 0) is 35.2 Å². The molecule has 4 heteroatoms. The Morgan fingerprint density at radius 1 is 0.964 bits per heavy atom. The van der Waals surface area contributed by atoms with Crippen molar-refractivity contribution in [1.29, 1.82) is 0 Å². The van der Waals surface area contributed by atoms with Crippen LogP contribution in [0.2, 0.25) is 0 Å². The van der Waals surface area contributed by atoms with E-state index in [1.54, 1.807) is 0 Å². The van der Waals surface area contributed by atoms with Gasteiger partial charge in [0, 0.05) is 10.2 Å². The first-order valence-electron chi connectivity index (χ1n) is 9.31. The van der Waals surface area contributed by atoms with E-state index < -0.39 is 0 Å². The molecule has 0 saturated heterocycles. The SMILES string of the molecule is COC(=O)C(C)Cc1ccc(Br)cc1NC(c1ccccc1)c1ccccc1. The molecule has 0 aliphatic heterocycles. The molecular formula is C24H24BrNO2. The van der Waals surface area contributed by atoms with Gasteiger partial charge >= 0.3 is 5.97 Å². The van der Waals surface area contributed by atoms with Crippen molar-refractivity contribution in [1.82, 2.24) is 0 Å². The van der Waals surface area contributed by atoms with E-state index in [2.05, 4.69) is 57.6 Å². The molecule has 1 N–H and O–H groups in total. The molecule has 1 atom stereocenters. The second-order valence-electron chi connectivity index (χ2n) is 6.83. The molecule has 3 aromatic carbocycles. The van der Waals surface area contributed by atoms with Gasteiger partial charge in [-0.2, -0.15) is 0 Å². The lowest BCUT2D eigenvalue weighted by Gasteiger charge is -2.24. The first-order valence-corrected chi connectivity index (χ1v) is 10.1. The van der Waals surface area contributed by atoms with Gasteiger partial charge in [0.05, 0.1) is 19.1 Å². The highest BCUT2D eigenvalue weighted by Crippen LogP contribution is 2.31. The number of methoxy groups -OCH3 is 1. The van der Waals surface area contributed by atoms with Gasteiger partial charge < -0.3 is 10.1 Å². The Morgan fingerprint density at radius 2 is 1.54 bits per heavy atom. The maximum absolute atomic E-state index is 11.9. The number of anilines is 1. The highest BCUT2D eigenvalue weighted by molar-refractivity contribution is 9.10. The number of ether oxygens (including phenoxy) is 1. The van der Waals surface area contributed by atoms with Gasteiger partial charge in [-0.3, -0.25) is 4.79 Å². The molecular weight excluding hydrogens is 414 g/mol. The van der Waals surface area contributed by atoms with Gasteiger partial charge in [0.2, 0.25) is 0 Å². The number of nitrogens with one attached hydrogen (secondary N) is 1. The third-order valence-corrected chi connectivity index (χ3v) is 5.26. The second kappa shape index (κ2) is 9.56. The number of halogens is 1. The average Bonchev–Trinajstić information content (AvgIpc) is 2.74. The molecule has 28 heavy (non-hydrogen) atoms. The summed E-state index contributed by atoms with van der Waals surface area (Å²) < 4.78 is 5.89. The van der Waals surface area contributed by atoms with E-state index >= 15 is 0 Å². The molecule has 0 aliphatic rings. The molecule has 0 radical (unpaired) electrons. The fourth-order valence-electron chi connectivity index (χ4n) is 3.28. The molecule has 3 nitrogen and oxygen atoms in total. The molecule has 0 aliphatic carbocycles. The summed E-state index contributed by atoms with van der Waals surface area (Å²) >= 11 is 3.58. The lowest BCUT2D eigenvalue weighted by molar-refractivity contribution is -0.144. The van der Waals surface area contributed by atoms with Crippen molar-refractivity contribution in [3.63, 3.8) is 0 Å². The topological polar surface area (TPSA) is 38.3 Å². The van der Waals surface area contributed by atoms with Crippen molar-refractivity contribution in [3.05, 3.63) is 100 Å². The van der Waals surface area contributed by atoms with Crippen molar-refractivity contribution in [3.8, 4) is 0 Å². The molecule has 3 rings (SSSR count). The molecule has 0 amide bonds. The van der Waals surface area contributed by atoms with Gasteiger partial charge in [-0.15, -0.1) is 0 Å². The van der Waals surface area contributed by atoms with Crippen LogP contribution < -0.4 is 5.32 Å². The molecule has 0 saturated carbocycles. The fraction of sp³-hybridized carbons (Fsp3) is 0.208. The standard InChI is InChI=1S/C24H24BrNO2/c1-17(24(27)28-2)15-20-13-14-21(25)16-22(20)26-23(18-9-5-3-6-10-18)19-11-7-4-8-12-19/h3-14,16-17,23,26H,15H2,1-2H3. The largest absolute Gasteiger partial charge is 0.469 e. The molecule has 0 fully saturated rings. The van der Waals surface area contributed by atoms with Crippen molar-refractivity contribution >= 4 is 27.6 Å². The second-order valence-corrected chi connectivity index (χ2v) is 7.74. The minimum absolute atomic E-state index is 0.00360. The number of carbonyl (C=O) groups is 1. The highest BCUT2D eigenvalue weighted by atomic mass is 79.9. The van der Waals surface area contributed by atoms with Gasteiger partial charge in [0.1, 0.15) is 0 Å². The first-order chi connectivity index (χ1) is 13.6. The number of hydrogen-bond acceptors (Lipinski definition) is 3. The summed E-state index contributed by atoms with van der Waals surface area (Å²) in [5.74, 6) is -0.407. The lowest BCUT2D eigenvalue weighted by atomic mass is 9.96. The third kappa shape index (κ3) is 5.02. The van der Waals surface area contributed by atoms with Crippen LogP contribution in [0.1, 0.15) is 29.7 Å². The third-order valence-electron chi connectivity index (χ3n) is 4.77. The van der Waals surface area contributed by atoms with E-state index in [1.807, 2.05) is 49.4 Å². The van der Waals surface area contributed by atoms with Crippen molar-refractivity contribution in [2.75, 3.05) is 12.4 Å². The molecule has 3 aromatic rings.